The van der Waals surface area contributed by atoms with Crippen molar-refractivity contribution in [2.75, 3.05) is 19.0 Å². The molecule has 6 heteroatoms. The summed E-state index contributed by atoms with van der Waals surface area (Å²) >= 11 is 0. The second-order valence-corrected chi connectivity index (χ2v) is 4.11. The normalized spacial score (nSPS) is 10.1. The summed E-state index contributed by atoms with van der Waals surface area (Å²) in [6, 6.07) is 10.6. The number of nitro benzene ring substituents is 1. The van der Waals surface area contributed by atoms with Crippen LogP contribution in [0.5, 0.6) is 5.75 Å². The maximum absolute atomic E-state index is 11.1. The van der Waals surface area contributed by atoms with Crippen LogP contribution in [0, 0.1) is 10.1 Å². The number of hydrogen-bond acceptors (Lipinski definition) is 5. The van der Waals surface area contributed by atoms with Crippen LogP contribution in [0.4, 0.5) is 11.4 Å². The van der Waals surface area contributed by atoms with Gasteiger partial charge in [0.25, 0.3) is 0 Å². The summed E-state index contributed by atoms with van der Waals surface area (Å²) in [6.45, 7) is 0.561. The van der Waals surface area contributed by atoms with Crippen molar-refractivity contribution in [3.8, 4) is 5.75 Å². The fourth-order valence-corrected chi connectivity index (χ4v) is 1.89. The van der Waals surface area contributed by atoms with Gasteiger partial charge in [-0.25, -0.2) is 0 Å². The lowest BCUT2D eigenvalue weighted by Gasteiger charge is -2.09. The number of rotatable bonds is 6. The van der Waals surface area contributed by atoms with E-state index < -0.39 is 4.92 Å². The average Bonchev–Trinajstić information content (AvgIpc) is 2.47. The van der Waals surface area contributed by atoms with Crippen molar-refractivity contribution in [2.24, 2.45) is 0 Å². The monoisotopic (exact) mass is 273 g/mol. The van der Waals surface area contributed by atoms with Crippen LogP contribution in [0.15, 0.2) is 42.6 Å². The molecule has 0 amide bonds. The number of nitrogens with one attached hydrogen (secondary N) is 1. The molecule has 1 aromatic carbocycles. The van der Waals surface area contributed by atoms with Crippen LogP contribution in [0.1, 0.15) is 5.69 Å². The number of anilines is 1. The van der Waals surface area contributed by atoms with Crippen LogP contribution in [-0.4, -0.2) is 23.6 Å². The lowest BCUT2D eigenvalue weighted by atomic mass is 10.2. The Balaban J connectivity index is 2.08. The summed E-state index contributed by atoms with van der Waals surface area (Å²) < 4.78 is 5.02. The molecule has 2 rings (SSSR count). The number of pyridine rings is 1. The topological polar surface area (TPSA) is 77.3 Å². The highest BCUT2D eigenvalue weighted by Crippen LogP contribution is 2.34. The molecule has 6 nitrogen and oxygen atoms in total. The van der Waals surface area contributed by atoms with Crippen molar-refractivity contribution in [1.29, 1.82) is 0 Å². The lowest BCUT2D eigenvalue weighted by Crippen LogP contribution is -2.08. The fourth-order valence-electron chi connectivity index (χ4n) is 1.89. The third-order valence-electron chi connectivity index (χ3n) is 2.82. The molecular formula is C14H15N3O3. The highest BCUT2D eigenvalue weighted by molar-refractivity contribution is 5.68. The van der Waals surface area contributed by atoms with Crippen LogP contribution in [0.25, 0.3) is 0 Å². The van der Waals surface area contributed by atoms with Crippen LogP contribution < -0.4 is 10.1 Å². The summed E-state index contributed by atoms with van der Waals surface area (Å²) in [5.41, 5.74) is 1.34. The standard InChI is InChI=1S/C14H15N3O3/c1-20-13-7-4-6-12(14(13)17(18)19)16-10-8-11-5-2-3-9-15-11/h2-7,9,16H,8,10H2,1H3. The van der Waals surface area contributed by atoms with Gasteiger partial charge in [-0.3, -0.25) is 15.1 Å². The molecule has 0 saturated carbocycles. The van der Waals surface area contributed by atoms with Gasteiger partial charge >= 0.3 is 5.69 Å². The quantitative estimate of drug-likeness (QED) is 0.646. The lowest BCUT2D eigenvalue weighted by molar-refractivity contribution is -0.384. The summed E-state index contributed by atoms with van der Waals surface area (Å²) in [5.74, 6) is 0.248. The number of hydrogen-bond donors (Lipinski definition) is 1. The van der Waals surface area contributed by atoms with Crippen molar-refractivity contribution < 1.29 is 9.66 Å². The summed E-state index contributed by atoms with van der Waals surface area (Å²) in [5, 5.41) is 14.2. The van der Waals surface area contributed by atoms with Gasteiger partial charge in [0.2, 0.25) is 0 Å². The van der Waals surface area contributed by atoms with Crippen LogP contribution >= 0.6 is 0 Å². The van der Waals surface area contributed by atoms with Crippen LogP contribution in [0.2, 0.25) is 0 Å². The first kappa shape index (κ1) is 13.8. The Morgan fingerprint density at radius 1 is 1.30 bits per heavy atom. The third-order valence-corrected chi connectivity index (χ3v) is 2.82. The number of nitrogens with zero attached hydrogens (tertiary/aromatic N) is 2. The Morgan fingerprint density at radius 3 is 2.80 bits per heavy atom. The number of methoxy groups -OCH3 is 1. The van der Waals surface area contributed by atoms with E-state index in [2.05, 4.69) is 10.3 Å². The maximum Gasteiger partial charge on any atom is 0.333 e. The van der Waals surface area contributed by atoms with Gasteiger partial charge in [0.1, 0.15) is 5.69 Å². The van der Waals surface area contributed by atoms with Crippen molar-refractivity contribution >= 4 is 11.4 Å². The largest absolute Gasteiger partial charge is 0.490 e. The molecule has 104 valence electrons. The number of aromatic nitrogens is 1. The zero-order valence-corrected chi connectivity index (χ0v) is 11.1. The van der Waals surface area contributed by atoms with Gasteiger partial charge in [0.15, 0.2) is 5.75 Å². The van der Waals surface area contributed by atoms with Crippen molar-refractivity contribution in [1.82, 2.24) is 4.98 Å². The highest BCUT2D eigenvalue weighted by Gasteiger charge is 2.19. The molecule has 2 aromatic rings. The third kappa shape index (κ3) is 3.23. The average molecular weight is 273 g/mol. The molecule has 0 spiro atoms. The van der Waals surface area contributed by atoms with E-state index in [1.165, 1.54) is 7.11 Å². The predicted molar refractivity (Wildman–Crippen MR) is 76.1 cm³/mol. The van der Waals surface area contributed by atoms with Crippen molar-refractivity contribution in [2.45, 2.75) is 6.42 Å². The van der Waals surface area contributed by atoms with Gasteiger partial charge in [0.05, 0.1) is 12.0 Å². The first-order chi connectivity index (χ1) is 9.72. The highest BCUT2D eigenvalue weighted by atomic mass is 16.6. The molecule has 1 heterocycles. The second-order valence-electron chi connectivity index (χ2n) is 4.11. The van der Waals surface area contributed by atoms with E-state index in [0.717, 1.165) is 5.69 Å². The minimum absolute atomic E-state index is 0.0454. The predicted octanol–water partition coefficient (Wildman–Crippen LogP) is 2.65. The SMILES string of the molecule is COc1cccc(NCCc2ccccn2)c1[N+](=O)[O-]. The van der Waals surface area contributed by atoms with Crippen LogP contribution in [-0.2, 0) is 6.42 Å². The second kappa shape index (κ2) is 6.51. The van der Waals surface area contributed by atoms with E-state index >= 15 is 0 Å². The van der Waals surface area contributed by atoms with Crippen LogP contribution in [0.3, 0.4) is 0 Å². The van der Waals surface area contributed by atoms with Gasteiger partial charge in [-0.15, -0.1) is 0 Å². The molecule has 0 fully saturated rings. The molecule has 0 atom stereocenters. The Bertz CT molecular complexity index is 587. The fraction of sp³-hybridized carbons (Fsp3) is 0.214. The molecule has 1 N–H and O–H groups in total. The van der Waals surface area contributed by atoms with E-state index in [1.807, 2.05) is 18.2 Å². The Kier molecular flexibility index (Phi) is 4.49. The zero-order valence-electron chi connectivity index (χ0n) is 11.1. The smallest absolute Gasteiger partial charge is 0.333 e. The molecular weight excluding hydrogens is 258 g/mol. The molecule has 0 aliphatic carbocycles. The number of benzene rings is 1. The summed E-state index contributed by atoms with van der Waals surface area (Å²) in [4.78, 5) is 14.9. The van der Waals surface area contributed by atoms with E-state index in [-0.39, 0.29) is 11.4 Å². The van der Waals surface area contributed by atoms with Gasteiger partial charge < -0.3 is 10.1 Å². The first-order valence-electron chi connectivity index (χ1n) is 6.17. The summed E-state index contributed by atoms with van der Waals surface area (Å²) in [6.07, 6.45) is 2.42. The Hall–Kier alpha value is -2.63. The molecule has 1 aromatic heterocycles. The molecule has 0 radical (unpaired) electrons. The van der Waals surface area contributed by atoms with Gasteiger partial charge in [0, 0.05) is 24.9 Å². The summed E-state index contributed by atoms with van der Waals surface area (Å²) in [7, 11) is 1.42. The maximum atomic E-state index is 11.1. The molecule has 0 saturated heterocycles. The van der Waals surface area contributed by atoms with Crippen molar-refractivity contribution in [3.05, 3.63) is 58.4 Å². The van der Waals surface area contributed by atoms with Gasteiger partial charge in [-0.05, 0) is 24.3 Å². The molecule has 20 heavy (non-hydrogen) atoms. The zero-order chi connectivity index (χ0) is 14.4. The van der Waals surface area contributed by atoms with Gasteiger partial charge in [-0.1, -0.05) is 12.1 Å². The first-order valence-corrected chi connectivity index (χ1v) is 6.17. The number of para-hydroxylation sites is 1. The number of nitro groups is 1. The molecule has 0 bridgehead atoms. The minimum atomic E-state index is -0.443. The van der Waals surface area contributed by atoms with E-state index in [1.54, 1.807) is 24.4 Å². The minimum Gasteiger partial charge on any atom is -0.490 e. The molecule has 0 aliphatic rings. The van der Waals surface area contributed by atoms with Crippen molar-refractivity contribution in [3.63, 3.8) is 0 Å². The van der Waals surface area contributed by atoms with E-state index in [0.29, 0.717) is 18.7 Å². The Labute approximate surface area is 116 Å². The Morgan fingerprint density at radius 2 is 2.15 bits per heavy atom. The van der Waals surface area contributed by atoms with E-state index in [4.69, 9.17) is 4.74 Å². The van der Waals surface area contributed by atoms with E-state index in [9.17, 15) is 10.1 Å². The molecule has 0 unspecified atom stereocenters. The van der Waals surface area contributed by atoms with Gasteiger partial charge in [-0.2, -0.15) is 0 Å². The molecule has 0 aliphatic heterocycles. The number of ether oxygens (including phenoxy) is 1.